The zero-order valence-electron chi connectivity index (χ0n) is 16.9. The monoisotopic (exact) mass is 510 g/mol. The summed E-state index contributed by atoms with van der Waals surface area (Å²) in [7, 11) is 1.72. The lowest BCUT2D eigenvalue weighted by molar-refractivity contribution is 0.0925. The molecule has 156 valence electrons. The molecule has 3 rings (SSSR count). The molecule has 3 aromatic rings. The number of guanidine groups is 1. The van der Waals surface area contributed by atoms with E-state index in [1.807, 2.05) is 25.1 Å². The zero-order valence-corrected chi connectivity index (χ0v) is 19.2. The molecule has 7 nitrogen and oxygen atoms in total. The standard InChI is InChI=1S/C21H26N4O3.HI/c1-14-9-12-27-19(14)20(26)23-10-6-11-24-21(22-3)25-13-18-15(2)16-7-4-5-8-17(16)28-18;/h4-5,7-9,12H,6,10-11,13H2,1-3H3,(H,23,26)(H2,22,24,25);1H. The summed E-state index contributed by atoms with van der Waals surface area (Å²) in [5, 5.41) is 10.5. The molecular weight excluding hydrogens is 483 g/mol. The Bertz CT molecular complexity index is 977. The number of aryl methyl sites for hydroxylation is 2. The van der Waals surface area contributed by atoms with Gasteiger partial charge in [0.25, 0.3) is 5.91 Å². The number of carbonyl (C=O) groups is 1. The second-order valence-electron chi connectivity index (χ2n) is 6.54. The quantitative estimate of drug-likeness (QED) is 0.195. The summed E-state index contributed by atoms with van der Waals surface area (Å²) < 4.78 is 11.1. The van der Waals surface area contributed by atoms with Crippen LogP contribution in [0.15, 0.2) is 50.4 Å². The van der Waals surface area contributed by atoms with Crippen LogP contribution in [0.4, 0.5) is 0 Å². The first-order valence-corrected chi connectivity index (χ1v) is 9.34. The molecule has 2 aromatic heterocycles. The minimum absolute atomic E-state index is 0. The van der Waals surface area contributed by atoms with Crippen molar-refractivity contribution in [2.45, 2.75) is 26.8 Å². The van der Waals surface area contributed by atoms with E-state index in [4.69, 9.17) is 8.83 Å². The highest BCUT2D eigenvalue weighted by Crippen LogP contribution is 2.24. The van der Waals surface area contributed by atoms with Gasteiger partial charge in [0.05, 0.1) is 12.8 Å². The number of hydrogen-bond donors (Lipinski definition) is 3. The molecule has 0 aliphatic heterocycles. The molecule has 0 fully saturated rings. The average Bonchev–Trinajstić information content (AvgIpc) is 3.27. The Labute approximate surface area is 187 Å². The third-order valence-electron chi connectivity index (χ3n) is 4.58. The van der Waals surface area contributed by atoms with Crippen molar-refractivity contribution in [3.8, 4) is 0 Å². The Kier molecular flexibility index (Phi) is 8.56. The molecular formula is C21H27IN4O3. The maximum Gasteiger partial charge on any atom is 0.287 e. The SMILES string of the molecule is CN=C(NCCCNC(=O)c1occc1C)NCc1oc2ccccc2c1C.I. The van der Waals surface area contributed by atoms with E-state index in [-0.39, 0.29) is 29.9 Å². The lowest BCUT2D eigenvalue weighted by Crippen LogP contribution is -2.38. The van der Waals surface area contributed by atoms with Gasteiger partial charge in [0.1, 0.15) is 11.3 Å². The molecule has 0 unspecified atom stereocenters. The molecule has 1 amide bonds. The van der Waals surface area contributed by atoms with Crippen LogP contribution in [0.5, 0.6) is 0 Å². The Morgan fingerprint density at radius 1 is 1.07 bits per heavy atom. The maximum absolute atomic E-state index is 12.0. The van der Waals surface area contributed by atoms with Crippen molar-refractivity contribution in [2.24, 2.45) is 4.99 Å². The molecule has 0 atom stereocenters. The predicted molar refractivity (Wildman–Crippen MR) is 125 cm³/mol. The van der Waals surface area contributed by atoms with Crippen LogP contribution in [0, 0.1) is 13.8 Å². The highest BCUT2D eigenvalue weighted by Gasteiger charge is 2.12. The van der Waals surface area contributed by atoms with Crippen molar-refractivity contribution in [1.82, 2.24) is 16.0 Å². The van der Waals surface area contributed by atoms with Crippen LogP contribution in [-0.4, -0.2) is 32.0 Å². The summed E-state index contributed by atoms with van der Waals surface area (Å²) in [6.07, 6.45) is 2.28. The van der Waals surface area contributed by atoms with Crippen molar-refractivity contribution in [2.75, 3.05) is 20.1 Å². The van der Waals surface area contributed by atoms with Gasteiger partial charge < -0.3 is 24.8 Å². The fourth-order valence-corrected chi connectivity index (χ4v) is 2.96. The molecule has 0 saturated heterocycles. The van der Waals surface area contributed by atoms with E-state index in [2.05, 4.69) is 33.9 Å². The molecule has 0 aliphatic rings. The number of nitrogens with one attached hydrogen (secondary N) is 3. The number of fused-ring (bicyclic) bond motifs is 1. The van der Waals surface area contributed by atoms with Crippen LogP contribution in [-0.2, 0) is 6.54 Å². The molecule has 1 aromatic carbocycles. The van der Waals surface area contributed by atoms with Gasteiger partial charge in [-0.25, -0.2) is 0 Å². The highest BCUT2D eigenvalue weighted by molar-refractivity contribution is 14.0. The minimum Gasteiger partial charge on any atom is -0.459 e. The van der Waals surface area contributed by atoms with E-state index in [0.717, 1.165) is 34.3 Å². The van der Waals surface area contributed by atoms with Gasteiger partial charge in [-0.1, -0.05) is 18.2 Å². The molecule has 0 bridgehead atoms. The van der Waals surface area contributed by atoms with E-state index < -0.39 is 0 Å². The molecule has 29 heavy (non-hydrogen) atoms. The number of furan rings is 2. The number of aliphatic imine (C=N–C) groups is 1. The number of para-hydroxylation sites is 1. The van der Waals surface area contributed by atoms with Gasteiger partial charge in [-0.2, -0.15) is 0 Å². The fraction of sp³-hybridized carbons (Fsp3) is 0.333. The van der Waals surface area contributed by atoms with Gasteiger partial charge in [-0.15, -0.1) is 24.0 Å². The van der Waals surface area contributed by atoms with Crippen LogP contribution in [0.2, 0.25) is 0 Å². The zero-order chi connectivity index (χ0) is 19.9. The second kappa shape index (κ2) is 10.9. The third kappa shape index (κ3) is 5.75. The first kappa shape index (κ1) is 22.8. The molecule has 0 radical (unpaired) electrons. The van der Waals surface area contributed by atoms with Crippen LogP contribution in [0.3, 0.4) is 0 Å². The van der Waals surface area contributed by atoms with Gasteiger partial charge in [-0.05, 0) is 32.4 Å². The molecule has 3 N–H and O–H groups in total. The number of amides is 1. The van der Waals surface area contributed by atoms with E-state index in [1.165, 1.54) is 6.26 Å². The largest absolute Gasteiger partial charge is 0.459 e. The molecule has 0 aliphatic carbocycles. The van der Waals surface area contributed by atoms with E-state index in [9.17, 15) is 4.79 Å². The Hall–Kier alpha value is -2.49. The topological polar surface area (TPSA) is 91.8 Å². The summed E-state index contributed by atoms with van der Waals surface area (Å²) in [6, 6.07) is 9.78. The van der Waals surface area contributed by atoms with Crippen molar-refractivity contribution in [3.05, 3.63) is 59.2 Å². The van der Waals surface area contributed by atoms with Gasteiger partial charge in [0, 0.05) is 36.7 Å². The number of benzene rings is 1. The predicted octanol–water partition coefficient (Wildman–Crippen LogP) is 3.75. The molecule has 0 saturated carbocycles. The van der Waals surface area contributed by atoms with Crippen molar-refractivity contribution in [3.63, 3.8) is 0 Å². The molecule has 2 heterocycles. The lowest BCUT2D eigenvalue weighted by atomic mass is 10.1. The van der Waals surface area contributed by atoms with Gasteiger partial charge in [-0.3, -0.25) is 9.79 Å². The van der Waals surface area contributed by atoms with Crippen LogP contribution in [0.1, 0.15) is 33.9 Å². The minimum atomic E-state index is -0.189. The van der Waals surface area contributed by atoms with E-state index >= 15 is 0 Å². The first-order valence-electron chi connectivity index (χ1n) is 9.34. The van der Waals surface area contributed by atoms with Crippen LogP contribution in [0.25, 0.3) is 11.0 Å². The second-order valence-corrected chi connectivity index (χ2v) is 6.54. The molecule has 0 spiro atoms. The number of nitrogens with zero attached hydrogens (tertiary/aromatic N) is 1. The summed E-state index contributed by atoms with van der Waals surface area (Å²) >= 11 is 0. The summed E-state index contributed by atoms with van der Waals surface area (Å²) in [4.78, 5) is 16.2. The summed E-state index contributed by atoms with van der Waals surface area (Å²) in [5.41, 5.74) is 2.86. The van der Waals surface area contributed by atoms with Gasteiger partial charge in [0.2, 0.25) is 0 Å². The highest BCUT2D eigenvalue weighted by atomic mass is 127. The lowest BCUT2D eigenvalue weighted by Gasteiger charge is -2.11. The van der Waals surface area contributed by atoms with E-state index in [1.54, 1.807) is 13.1 Å². The number of carbonyl (C=O) groups excluding carboxylic acids is 1. The average molecular weight is 510 g/mol. The summed E-state index contributed by atoms with van der Waals surface area (Å²) in [6.45, 7) is 5.68. The van der Waals surface area contributed by atoms with Crippen molar-refractivity contribution < 1.29 is 13.6 Å². The first-order chi connectivity index (χ1) is 13.6. The molecule has 8 heteroatoms. The smallest absolute Gasteiger partial charge is 0.287 e. The van der Waals surface area contributed by atoms with E-state index in [0.29, 0.717) is 31.4 Å². The number of rotatable bonds is 7. The maximum atomic E-state index is 12.0. The fourth-order valence-electron chi connectivity index (χ4n) is 2.96. The Morgan fingerprint density at radius 2 is 1.83 bits per heavy atom. The number of hydrogen-bond acceptors (Lipinski definition) is 4. The van der Waals surface area contributed by atoms with Crippen molar-refractivity contribution in [1.29, 1.82) is 0 Å². The van der Waals surface area contributed by atoms with Crippen LogP contribution >= 0.6 is 24.0 Å². The number of halogens is 1. The van der Waals surface area contributed by atoms with Crippen molar-refractivity contribution >= 4 is 46.8 Å². The van der Waals surface area contributed by atoms with Gasteiger partial charge in [0.15, 0.2) is 11.7 Å². The Morgan fingerprint density at radius 3 is 2.52 bits per heavy atom. The Balaban J connectivity index is 0.00000300. The van der Waals surface area contributed by atoms with Crippen LogP contribution < -0.4 is 16.0 Å². The normalized spacial score (nSPS) is 11.2. The third-order valence-corrected chi connectivity index (χ3v) is 4.58. The summed E-state index contributed by atoms with van der Waals surface area (Å²) in [5.74, 6) is 1.76. The van der Waals surface area contributed by atoms with Gasteiger partial charge >= 0.3 is 0 Å².